The van der Waals surface area contributed by atoms with E-state index in [2.05, 4.69) is 10.3 Å². The van der Waals surface area contributed by atoms with E-state index in [4.69, 9.17) is 4.74 Å². The van der Waals surface area contributed by atoms with Crippen molar-refractivity contribution in [1.82, 2.24) is 15.2 Å². The zero-order valence-corrected chi connectivity index (χ0v) is 15.2. The van der Waals surface area contributed by atoms with Crippen LogP contribution in [0, 0.1) is 0 Å². The molecule has 2 aliphatic rings. The van der Waals surface area contributed by atoms with Crippen molar-refractivity contribution >= 4 is 22.7 Å². The summed E-state index contributed by atoms with van der Waals surface area (Å²) in [6.45, 7) is 1.02. The number of rotatable bonds is 1. The van der Waals surface area contributed by atoms with Crippen molar-refractivity contribution in [3.8, 4) is 5.75 Å². The molecule has 0 atom stereocenters. The lowest BCUT2D eigenvalue weighted by atomic mass is 9.96. The second-order valence-electron chi connectivity index (χ2n) is 7.21. The summed E-state index contributed by atoms with van der Waals surface area (Å²) in [5.74, 6) is 0.462. The highest BCUT2D eigenvalue weighted by Crippen LogP contribution is 2.34. The average molecular weight is 373 g/mol. The quantitative estimate of drug-likeness (QED) is 0.712. The second-order valence-corrected chi connectivity index (χ2v) is 7.21. The zero-order valence-electron chi connectivity index (χ0n) is 15.2. The van der Waals surface area contributed by atoms with Crippen LogP contribution in [0.4, 0.5) is 0 Å². The van der Waals surface area contributed by atoms with Gasteiger partial charge in [-0.15, -0.1) is 0 Å². The van der Waals surface area contributed by atoms with Gasteiger partial charge in [0.1, 0.15) is 5.75 Å². The van der Waals surface area contributed by atoms with E-state index in [1.807, 2.05) is 53.4 Å². The molecule has 0 unspecified atom stereocenters. The molecule has 1 fully saturated rings. The third-order valence-corrected chi connectivity index (χ3v) is 5.51. The number of fused-ring (bicyclic) bond motifs is 2. The first kappa shape index (κ1) is 16.7. The Kier molecular flexibility index (Phi) is 3.79. The van der Waals surface area contributed by atoms with Crippen molar-refractivity contribution in [1.29, 1.82) is 0 Å². The number of pyridine rings is 1. The summed E-state index contributed by atoms with van der Waals surface area (Å²) < 4.78 is 6.15. The maximum Gasteiger partial charge on any atom is 0.258 e. The number of benzene rings is 2. The maximum atomic E-state index is 13.1. The molecule has 3 aromatic rings. The van der Waals surface area contributed by atoms with Crippen molar-refractivity contribution in [3.05, 3.63) is 71.9 Å². The molecule has 1 saturated heterocycles. The van der Waals surface area contributed by atoms with Gasteiger partial charge >= 0.3 is 0 Å². The Morgan fingerprint density at radius 2 is 1.86 bits per heavy atom. The van der Waals surface area contributed by atoms with Crippen molar-refractivity contribution in [2.75, 3.05) is 13.1 Å². The van der Waals surface area contributed by atoms with Gasteiger partial charge in [-0.1, -0.05) is 24.3 Å². The predicted molar refractivity (Wildman–Crippen MR) is 104 cm³/mol. The van der Waals surface area contributed by atoms with Gasteiger partial charge in [-0.05, 0) is 30.3 Å². The number of piperidine rings is 1. The van der Waals surface area contributed by atoms with Crippen LogP contribution in [-0.4, -0.2) is 40.5 Å². The predicted octanol–water partition coefficient (Wildman–Crippen LogP) is 2.99. The van der Waals surface area contributed by atoms with Gasteiger partial charge in [-0.2, -0.15) is 0 Å². The van der Waals surface area contributed by atoms with E-state index < -0.39 is 5.72 Å². The van der Waals surface area contributed by atoms with Gasteiger partial charge in [0.15, 0.2) is 5.72 Å². The molecule has 0 saturated carbocycles. The molecule has 6 nitrogen and oxygen atoms in total. The van der Waals surface area contributed by atoms with Gasteiger partial charge in [0.05, 0.1) is 11.1 Å². The average Bonchev–Trinajstić information content (AvgIpc) is 2.73. The molecular weight excluding hydrogens is 354 g/mol. The van der Waals surface area contributed by atoms with Crippen LogP contribution in [0.1, 0.15) is 33.6 Å². The Hall–Kier alpha value is -3.41. The first-order valence-corrected chi connectivity index (χ1v) is 9.39. The SMILES string of the molecule is O=C1NC2(CCN(C(=O)c3cccc4ncccc34)CC2)Oc2ccccc21. The molecule has 2 amide bonds. The van der Waals surface area contributed by atoms with E-state index in [1.54, 1.807) is 12.3 Å². The molecule has 0 radical (unpaired) electrons. The molecule has 0 aliphatic carbocycles. The largest absolute Gasteiger partial charge is 0.467 e. The molecule has 0 bridgehead atoms. The minimum atomic E-state index is -0.747. The van der Waals surface area contributed by atoms with E-state index in [-0.39, 0.29) is 11.8 Å². The summed E-state index contributed by atoms with van der Waals surface area (Å²) in [7, 11) is 0. The summed E-state index contributed by atoms with van der Waals surface area (Å²) in [4.78, 5) is 31.7. The Morgan fingerprint density at radius 3 is 2.71 bits per heavy atom. The lowest BCUT2D eigenvalue weighted by molar-refractivity contribution is -0.0245. The van der Waals surface area contributed by atoms with Crippen molar-refractivity contribution in [3.63, 3.8) is 0 Å². The number of hydrogen-bond donors (Lipinski definition) is 1. The summed E-state index contributed by atoms with van der Waals surface area (Å²) in [5, 5.41) is 3.86. The van der Waals surface area contributed by atoms with Crippen LogP contribution in [0.2, 0.25) is 0 Å². The number of amides is 2. The van der Waals surface area contributed by atoms with E-state index in [0.29, 0.717) is 42.8 Å². The Balaban J connectivity index is 1.36. The number of nitrogens with zero attached hydrogens (tertiary/aromatic N) is 2. The molecule has 140 valence electrons. The van der Waals surface area contributed by atoms with Crippen LogP contribution >= 0.6 is 0 Å². The number of likely N-dealkylation sites (tertiary alicyclic amines) is 1. The fraction of sp³-hybridized carbons (Fsp3) is 0.227. The minimum Gasteiger partial charge on any atom is -0.467 e. The number of ether oxygens (including phenoxy) is 1. The molecule has 5 rings (SSSR count). The number of carbonyl (C=O) groups is 2. The summed E-state index contributed by atoms with van der Waals surface area (Å²) in [6.07, 6.45) is 2.81. The van der Waals surface area contributed by atoms with E-state index in [9.17, 15) is 9.59 Å². The lowest BCUT2D eigenvalue weighted by Crippen LogP contribution is -2.61. The summed E-state index contributed by atoms with van der Waals surface area (Å²) in [5.41, 5.74) is 1.26. The Bertz CT molecular complexity index is 1080. The van der Waals surface area contributed by atoms with Crippen LogP contribution in [0.25, 0.3) is 10.9 Å². The van der Waals surface area contributed by atoms with Gasteiger partial charge in [0, 0.05) is 43.1 Å². The lowest BCUT2D eigenvalue weighted by Gasteiger charge is -2.44. The number of carbonyl (C=O) groups excluding carboxylic acids is 2. The number of hydrogen-bond acceptors (Lipinski definition) is 4. The molecule has 28 heavy (non-hydrogen) atoms. The molecule has 2 aromatic carbocycles. The van der Waals surface area contributed by atoms with E-state index in [1.165, 1.54) is 0 Å². The fourth-order valence-corrected chi connectivity index (χ4v) is 4.01. The van der Waals surface area contributed by atoms with Crippen LogP contribution in [0.3, 0.4) is 0 Å². The minimum absolute atomic E-state index is 0.0176. The van der Waals surface area contributed by atoms with Gasteiger partial charge in [0.25, 0.3) is 11.8 Å². The molecule has 3 heterocycles. The van der Waals surface area contributed by atoms with Crippen LogP contribution in [0.5, 0.6) is 5.75 Å². The first-order chi connectivity index (χ1) is 13.7. The highest BCUT2D eigenvalue weighted by molar-refractivity contribution is 6.06. The molecular formula is C22H19N3O3. The van der Waals surface area contributed by atoms with Crippen LogP contribution in [-0.2, 0) is 0 Å². The molecule has 1 N–H and O–H groups in total. The van der Waals surface area contributed by atoms with Gasteiger partial charge in [-0.3, -0.25) is 14.6 Å². The summed E-state index contributed by atoms with van der Waals surface area (Å²) >= 11 is 0. The molecule has 1 aromatic heterocycles. The summed E-state index contributed by atoms with van der Waals surface area (Å²) in [6, 6.07) is 16.6. The third-order valence-electron chi connectivity index (χ3n) is 5.51. The maximum absolute atomic E-state index is 13.1. The first-order valence-electron chi connectivity index (χ1n) is 9.39. The molecule has 1 spiro atoms. The normalized spacial score (nSPS) is 17.7. The number of aromatic nitrogens is 1. The Labute approximate surface area is 162 Å². The second kappa shape index (κ2) is 6.34. The highest BCUT2D eigenvalue weighted by atomic mass is 16.5. The Morgan fingerprint density at radius 1 is 1.04 bits per heavy atom. The van der Waals surface area contributed by atoms with Crippen LogP contribution in [0.15, 0.2) is 60.8 Å². The molecule has 6 heteroatoms. The highest BCUT2D eigenvalue weighted by Gasteiger charge is 2.43. The van der Waals surface area contributed by atoms with Gasteiger partial charge < -0.3 is 15.0 Å². The smallest absolute Gasteiger partial charge is 0.258 e. The van der Waals surface area contributed by atoms with Crippen molar-refractivity contribution < 1.29 is 14.3 Å². The van der Waals surface area contributed by atoms with Gasteiger partial charge in [-0.25, -0.2) is 0 Å². The third kappa shape index (κ3) is 2.69. The van der Waals surface area contributed by atoms with Crippen molar-refractivity contribution in [2.45, 2.75) is 18.6 Å². The standard InChI is InChI=1S/C22H19N3O3/c26-20-17-5-1-2-9-19(17)28-22(24-20)10-13-25(14-11-22)21(27)16-6-3-8-18-15(16)7-4-12-23-18/h1-9,12H,10-11,13-14H2,(H,24,26). The fourth-order valence-electron chi connectivity index (χ4n) is 4.01. The van der Waals surface area contributed by atoms with E-state index in [0.717, 1.165) is 10.9 Å². The zero-order chi connectivity index (χ0) is 19.1. The number of nitrogens with one attached hydrogen (secondary N) is 1. The van der Waals surface area contributed by atoms with Gasteiger partial charge in [0.2, 0.25) is 0 Å². The monoisotopic (exact) mass is 373 g/mol. The van der Waals surface area contributed by atoms with E-state index >= 15 is 0 Å². The number of para-hydroxylation sites is 1. The topological polar surface area (TPSA) is 71.5 Å². The molecule has 2 aliphatic heterocycles. The van der Waals surface area contributed by atoms with Crippen LogP contribution < -0.4 is 10.1 Å². The van der Waals surface area contributed by atoms with Crippen molar-refractivity contribution in [2.24, 2.45) is 0 Å².